The van der Waals surface area contributed by atoms with Crippen molar-refractivity contribution in [1.29, 1.82) is 0 Å². The van der Waals surface area contributed by atoms with Crippen molar-refractivity contribution in [2.24, 2.45) is 0 Å². The van der Waals surface area contributed by atoms with Crippen LogP contribution in [0.25, 0.3) is 10.9 Å². The lowest BCUT2D eigenvalue weighted by Gasteiger charge is -2.15. The van der Waals surface area contributed by atoms with Crippen molar-refractivity contribution >= 4 is 22.6 Å². The van der Waals surface area contributed by atoms with E-state index in [-0.39, 0.29) is 41.7 Å². The summed E-state index contributed by atoms with van der Waals surface area (Å²) < 4.78 is 12.8. The third-order valence-corrected chi connectivity index (χ3v) is 6.79. The Morgan fingerprint density at radius 1 is 1.00 bits per heavy atom. The molecule has 4 aromatic rings. The van der Waals surface area contributed by atoms with Gasteiger partial charge in [0.15, 0.2) is 5.78 Å². The molecule has 0 bridgehead atoms. The first kappa shape index (κ1) is 24.3. The van der Waals surface area contributed by atoms with Gasteiger partial charge in [0.05, 0.1) is 37.4 Å². The van der Waals surface area contributed by atoms with Gasteiger partial charge in [0, 0.05) is 17.2 Å². The lowest BCUT2D eigenvalue weighted by atomic mass is 10.1. The number of rotatable bonds is 8. The van der Waals surface area contributed by atoms with Gasteiger partial charge in [-0.2, -0.15) is 0 Å². The number of hydrogen-bond acceptors (Lipinski definition) is 6. The fraction of sp³-hybridized carbons (Fsp3) is 0.286. The van der Waals surface area contributed by atoms with Gasteiger partial charge < -0.3 is 14.5 Å². The van der Waals surface area contributed by atoms with E-state index in [2.05, 4.69) is 5.32 Å². The highest BCUT2D eigenvalue weighted by molar-refractivity contribution is 5.99. The van der Waals surface area contributed by atoms with Crippen LogP contribution < -0.4 is 21.3 Å². The summed E-state index contributed by atoms with van der Waals surface area (Å²) >= 11 is 0. The highest BCUT2D eigenvalue weighted by Gasteiger charge is 2.21. The maximum Gasteiger partial charge on any atom is 0.332 e. The second-order valence-electron chi connectivity index (χ2n) is 9.18. The summed E-state index contributed by atoms with van der Waals surface area (Å²) in [6.07, 6.45) is 5.47. The van der Waals surface area contributed by atoms with E-state index in [4.69, 9.17) is 9.15 Å². The molecule has 190 valence electrons. The standard InChI is InChI=1S/C28H27N3O6/c1-36-21-11-8-18(9-12-21)25(32)17-30-24-15-19(26(33)29-20-5-2-3-6-20)10-13-23(24)27(34)31(28(30)35)16-22-7-4-14-37-22/h4,7-15,20H,2-3,5-6,16-17H2,1H3,(H,29,33). The van der Waals surface area contributed by atoms with Gasteiger partial charge in [-0.3, -0.25) is 23.5 Å². The van der Waals surface area contributed by atoms with Crippen molar-refractivity contribution in [2.45, 2.75) is 44.8 Å². The maximum atomic E-state index is 13.6. The number of furan rings is 1. The third-order valence-electron chi connectivity index (χ3n) is 6.79. The van der Waals surface area contributed by atoms with Crippen LogP contribution in [-0.4, -0.2) is 34.0 Å². The Balaban J connectivity index is 1.59. The average Bonchev–Trinajstić information content (AvgIpc) is 3.63. The quantitative estimate of drug-likeness (QED) is 0.371. The Morgan fingerprint density at radius 3 is 2.41 bits per heavy atom. The van der Waals surface area contributed by atoms with Gasteiger partial charge in [0.1, 0.15) is 11.5 Å². The molecule has 2 aromatic heterocycles. The summed E-state index contributed by atoms with van der Waals surface area (Å²) in [5, 5.41) is 3.25. The number of amides is 1. The Hall–Kier alpha value is -4.40. The van der Waals surface area contributed by atoms with E-state index in [1.807, 2.05) is 0 Å². The molecular formula is C28H27N3O6. The normalized spacial score (nSPS) is 13.6. The van der Waals surface area contributed by atoms with E-state index in [1.54, 1.807) is 42.5 Å². The Labute approximate surface area is 212 Å². The molecular weight excluding hydrogens is 474 g/mol. The third kappa shape index (κ3) is 4.97. The second kappa shape index (κ2) is 10.3. The number of ether oxygens (including phenoxy) is 1. The molecule has 9 nitrogen and oxygen atoms in total. The van der Waals surface area contributed by atoms with Gasteiger partial charge in [-0.25, -0.2) is 4.79 Å². The minimum absolute atomic E-state index is 0.0821. The predicted molar refractivity (Wildman–Crippen MR) is 137 cm³/mol. The minimum Gasteiger partial charge on any atom is -0.497 e. The predicted octanol–water partition coefficient (Wildman–Crippen LogP) is 3.37. The monoisotopic (exact) mass is 501 g/mol. The zero-order valence-corrected chi connectivity index (χ0v) is 20.4. The number of nitrogens with one attached hydrogen (secondary N) is 1. The smallest absolute Gasteiger partial charge is 0.332 e. The molecule has 0 unspecified atom stereocenters. The van der Waals surface area contributed by atoms with Crippen LogP contribution >= 0.6 is 0 Å². The number of ketones is 1. The topological polar surface area (TPSA) is 113 Å². The van der Waals surface area contributed by atoms with Crippen LogP contribution in [-0.2, 0) is 13.1 Å². The van der Waals surface area contributed by atoms with Crippen molar-refractivity contribution < 1.29 is 18.7 Å². The van der Waals surface area contributed by atoms with Crippen LogP contribution in [0.15, 0.2) is 74.9 Å². The van der Waals surface area contributed by atoms with Gasteiger partial charge in [0.25, 0.3) is 11.5 Å². The van der Waals surface area contributed by atoms with E-state index in [9.17, 15) is 19.2 Å². The van der Waals surface area contributed by atoms with E-state index >= 15 is 0 Å². The molecule has 37 heavy (non-hydrogen) atoms. The molecule has 1 amide bonds. The van der Waals surface area contributed by atoms with Gasteiger partial charge in [0.2, 0.25) is 0 Å². The van der Waals surface area contributed by atoms with Crippen LogP contribution in [0.1, 0.15) is 52.2 Å². The summed E-state index contributed by atoms with van der Waals surface area (Å²) in [6, 6.07) is 14.6. The fourth-order valence-electron chi connectivity index (χ4n) is 4.76. The average molecular weight is 502 g/mol. The largest absolute Gasteiger partial charge is 0.497 e. The maximum absolute atomic E-state index is 13.6. The molecule has 1 fully saturated rings. The van der Waals surface area contributed by atoms with Crippen molar-refractivity contribution in [1.82, 2.24) is 14.5 Å². The van der Waals surface area contributed by atoms with Gasteiger partial charge in [-0.1, -0.05) is 12.8 Å². The van der Waals surface area contributed by atoms with Gasteiger partial charge in [-0.15, -0.1) is 0 Å². The molecule has 1 N–H and O–H groups in total. The molecule has 1 saturated carbocycles. The number of nitrogens with zero attached hydrogens (tertiary/aromatic N) is 2. The van der Waals surface area contributed by atoms with Crippen LogP contribution in [0.3, 0.4) is 0 Å². The second-order valence-corrected chi connectivity index (χ2v) is 9.18. The molecule has 0 saturated heterocycles. The highest BCUT2D eigenvalue weighted by Crippen LogP contribution is 2.19. The number of fused-ring (bicyclic) bond motifs is 1. The van der Waals surface area contributed by atoms with Crippen LogP contribution in [0, 0.1) is 0 Å². The zero-order valence-electron chi connectivity index (χ0n) is 20.4. The molecule has 0 atom stereocenters. The summed E-state index contributed by atoms with van der Waals surface area (Å²) in [6.45, 7) is -0.394. The number of hydrogen-bond donors (Lipinski definition) is 1. The zero-order chi connectivity index (χ0) is 25.9. The number of carbonyl (C=O) groups excluding carboxylic acids is 2. The first-order valence-corrected chi connectivity index (χ1v) is 12.2. The van der Waals surface area contributed by atoms with Crippen LogP contribution in [0.5, 0.6) is 5.75 Å². The number of Topliss-reactive ketones (excluding diaryl/α,β-unsaturated/α-hetero) is 1. The molecule has 9 heteroatoms. The van der Waals surface area contributed by atoms with E-state index in [0.717, 1.165) is 30.3 Å². The van der Waals surface area contributed by atoms with Crippen LogP contribution in [0.4, 0.5) is 0 Å². The molecule has 0 radical (unpaired) electrons. The van der Waals surface area contributed by atoms with Crippen LogP contribution in [0.2, 0.25) is 0 Å². The first-order valence-electron chi connectivity index (χ1n) is 12.2. The number of methoxy groups -OCH3 is 1. The minimum atomic E-state index is -0.663. The Morgan fingerprint density at radius 2 is 1.73 bits per heavy atom. The number of benzene rings is 2. The summed E-state index contributed by atoms with van der Waals surface area (Å²) in [5.74, 6) is 0.437. The lowest BCUT2D eigenvalue weighted by Crippen LogP contribution is -2.41. The Bertz CT molecular complexity index is 1560. The van der Waals surface area contributed by atoms with Crippen molar-refractivity contribution in [3.63, 3.8) is 0 Å². The van der Waals surface area contributed by atoms with Crippen molar-refractivity contribution in [3.05, 3.63) is 98.6 Å². The SMILES string of the molecule is COc1ccc(C(=O)Cn2c(=O)n(Cc3ccco3)c(=O)c3ccc(C(=O)NC4CCCC4)cc32)cc1. The summed E-state index contributed by atoms with van der Waals surface area (Å²) in [4.78, 5) is 53.0. The fourth-order valence-corrected chi connectivity index (χ4v) is 4.76. The summed E-state index contributed by atoms with van der Waals surface area (Å²) in [5.41, 5.74) is -0.240. The Kier molecular flexibility index (Phi) is 6.76. The van der Waals surface area contributed by atoms with E-state index in [1.165, 1.54) is 30.1 Å². The molecule has 0 spiro atoms. The van der Waals surface area contributed by atoms with E-state index in [0.29, 0.717) is 22.6 Å². The molecule has 2 aromatic carbocycles. The molecule has 0 aliphatic heterocycles. The number of aromatic nitrogens is 2. The first-order chi connectivity index (χ1) is 17.9. The summed E-state index contributed by atoms with van der Waals surface area (Å²) in [7, 11) is 1.53. The van der Waals surface area contributed by atoms with E-state index < -0.39 is 11.2 Å². The molecule has 5 rings (SSSR count). The van der Waals surface area contributed by atoms with Gasteiger partial charge in [-0.05, 0) is 67.4 Å². The lowest BCUT2D eigenvalue weighted by molar-refractivity contribution is 0.0936. The molecule has 1 aliphatic carbocycles. The number of carbonyl (C=O) groups is 2. The van der Waals surface area contributed by atoms with Gasteiger partial charge >= 0.3 is 5.69 Å². The molecule has 2 heterocycles. The highest BCUT2D eigenvalue weighted by atomic mass is 16.5. The van der Waals surface area contributed by atoms with Crippen molar-refractivity contribution in [2.75, 3.05) is 7.11 Å². The molecule has 1 aliphatic rings. The van der Waals surface area contributed by atoms with Crippen molar-refractivity contribution in [3.8, 4) is 5.75 Å².